The zero-order valence-corrected chi connectivity index (χ0v) is 11.5. The molecule has 1 amide bonds. The van der Waals surface area contributed by atoms with Gasteiger partial charge in [0.2, 0.25) is 0 Å². The summed E-state index contributed by atoms with van der Waals surface area (Å²) in [5.41, 5.74) is 3.76. The van der Waals surface area contributed by atoms with Crippen LogP contribution in [0.25, 0.3) is 11.3 Å². The molecule has 6 nitrogen and oxygen atoms in total. The molecule has 0 saturated carbocycles. The van der Waals surface area contributed by atoms with Gasteiger partial charge in [0, 0.05) is 36.5 Å². The summed E-state index contributed by atoms with van der Waals surface area (Å²) in [6, 6.07) is 5.56. The van der Waals surface area contributed by atoms with Crippen molar-refractivity contribution in [2.24, 2.45) is 7.05 Å². The highest BCUT2D eigenvalue weighted by Gasteiger charge is 2.12. The van der Waals surface area contributed by atoms with Gasteiger partial charge in [-0.25, -0.2) is 4.98 Å². The van der Waals surface area contributed by atoms with Gasteiger partial charge in [-0.05, 0) is 12.1 Å². The van der Waals surface area contributed by atoms with Crippen LogP contribution >= 0.6 is 11.3 Å². The molecule has 0 spiro atoms. The lowest BCUT2D eigenvalue weighted by molar-refractivity contribution is 0.102. The van der Waals surface area contributed by atoms with Crippen LogP contribution in [0.3, 0.4) is 0 Å². The monoisotopic (exact) mass is 285 g/mol. The van der Waals surface area contributed by atoms with Crippen LogP contribution < -0.4 is 5.32 Å². The fraction of sp³-hybridized carbons (Fsp3) is 0.0769. The summed E-state index contributed by atoms with van der Waals surface area (Å²) in [6.07, 6.45) is 3.41. The number of thiazole rings is 1. The molecule has 0 fully saturated rings. The molecule has 3 aromatic rings. The maximum Gasteiger partial charge on any atom is 0.276 e. The quantitative estimate of drug-likeness (QED) is 0.800. The third-order valence-electron chi connectivity index (χ3n) is 2.76. The molecule has 0 unspecified atom stereocenters. The minimum atomic E-state index is -0.240. The van der Waals surface area contributed by atoms with Gasteiger partial charge in [-0.2, -0.15) is 5.10 Å². The third kappa shape index (κ3) is 2.43. The Bertz CT molecular complexity index is 721. The maximum absolute atomic E-state index is 12.0. The normalized spacial score (nSPS) is 10.4. The molecule has 1 N–H and O–H groups in total. The maximum atomic E-state index is 12.0. The van der Waals surface area contributed by atoms with Gasteiger partial charge in [-0.1, -0.05) is 0 Å². The number of carbonyl (C=O) groups is 1. The van der Waals surface area contributed by atoms with Crippen LogP contribution in [0, 0.1) is 0 Å². The SMILES string of the molecule is Cn1nc(-c2ccncc2)cc1NC(=O)c1cscn1. The van der Waals surface area contributed by atoms with Gasteiger partial charge in [0.25, 0.3) is 5.91 Å². The van der Waals surface area contributed by atoms with E-state index < -0.39 is 0 Å². The summed E-state index contributed by atoms with van der Waals surface area (Å²) >= 11 is 1.38. The molecule has 0 aliphatic rings. The number of anilines is 1. The Morgan fingerprint density at radius 3 is 2.85 bits per heavy atom. The fourth-order valence-corrected chi connectivity index (χ4v) is 2.29. The molecule has 20 heavy (non-hydrogen) atoms. The van der Waals surface area contributed by atoms with E-state index in [1.165, 1.54) is 11.3 Å². The van der Waals surface area contributed by atoms with Gasteiger partial charge in [0.05, 0.1) is 11.2 Å². The van der Waals surface area contributed by atoms with E-state index in [0.29, 0.717) is 11.5 Å². The van der Waals surface area contributed by atoms with Gasteiger partial charge in [-0.15, -0.1) is 11.3 Å². The number of pyridine rings is 1. The van der Waals surface area contributed by atoms with E-state index in [9.17, 15) is 4.79 Å². The molecule has 100 valence electrons. The number of aromatic nitrogens is 4. The van der Waals surface area contributed by atoms with E-state index in [-0.39, 0.29) is 5.91 Å². The summed E-state index contributed by atoms with van der Waals surface area (Å²) in [5.74, 6) is 0.380. The van der Waals surface area contributed by atoms with Crippen molar-refractivity contribution in [3.63, 3.8) is 0 Å². The first-order valence-electron chi connectivity index (χ1n) is 5.88. The van der Waals surface area contributed by atoms with Gasteiger partial charge < -0.3 is 5.32 Å². The fourth-order valence-electron chi connectivity index (χ4n) is 1.75. The molecule has 0 aliphatic carbocycles. The Kier molecular flexibility index (Phi) is 3.26. The molecule has 3 heterocycles. The number of hydrogen-bond donors (Lipinski definition) is 1. The summed E-state index contributed by atoms with van der Waals surface area (Å²) < 4.78 is 1.63. The number of aryl methyl sites for hydroxylation is 1. The molecular weight excluding hydrogens is 274 g/mol. The number of nitrogens with one attached hydrogen (secondary N) is 1. The van der Waals surface area contributed by atoms with Crippen LogP contribution in [0.2, 0.25) is 0 Å². The summed E-state index contributed by atoms with van der Waals surface area (Å²) in [7, 11) is 1.78. The van der Waals surface area contributed by atoms with Crippen LogP contribution in [0.1, 0.15) is 10.5 Å². The standard InChI is InChI=1S/C13H11N5OS/c1-18-12(16-13(19)11-7-20-8-15-11)6-10(17-18)9-2-4-14-5-3-9/h2-8H,1H3,(H,16,19). The van der Waals surface area contributed by atoms with E-state index in [0.717, 1.165) is 11.3 Å². The lowest BCUT2D eigenvalue weighted by atomic mass is 10.2. The zero-order chi connectivity index (χ0) is 13.9. The first-order chi connectivity index (χ1) is 9.74. The van der Waals surface area contributed by atoms with Crippen molar-refractivity contribution >= 4 is 23.1 Å². The molecular formula is C13H11N5OS. The molecule has 7 heteroatoms. The van der Waals surface area contributed by atoms with Crippen molar-refractivity contribution in [2.45, 2.75) is 0 Å². The van der Waals surface area contributed by atoms with Crippen LogP contribution in [-0.4, -0.2) is 25.7 Å². The molecule has 0 saturated heterocycles. The topological polar surface area (TPSA) is 72.7 Å². The Labute approximate surface area is 119 Å². The highest BCUT2D eigenvalue weighted by atomic mass is 32.1. The summed E-state index contributed by atoms with van der Waals surface area (Å²) in [5, 5.41) is 8.87. The van der Waals surface area contributed by atoms with Gasteiger partial charge in [0.1, 0.15) is 11.5 Å². The second-order valence-corrected chi connectivity index (χ2v) is 4.82. The van der Waals surface area contributed by atoms with Crippen molar-refractivity contribution in [3.05, 3.63) is 47.2 Å². The molecule has 3 aromatic heterocycles. The molecule has 0 aliphatic heterocycles. The first-order valence-corrected chi connectivity index (χ1v) is 6.82. The zero-order valence-electron chi connectivity index (χ0n) is 10.6. The largest absolute Gasteiger partial charge is 0.305 e. The average molecular weight is 285 g/mol. The second kappa shape index (κ2) is 5.22. The first kappa shape index (κ1) is 12.5. The Morgan fingerprint density at radius 1 is 1.35 bits per heavy atom. The lowest BCUT2D eigenvalue weighted by Gasteiger charge is -2.01. The highest BCUT2D eigenvalue weighted by Crippen LogP contribution is 2.20. The van der Waals surface area contributed by atoms with Crippen LogP contribution in [0.15, 0.2) is 41.5 Å². The number of rotatable bonds is 3. The Balaban J connectivity index is 1.85. The smallest absolute Gasteiger partial charge is 0.276 e. The Hall–Kier alpha value is -2.54. The summed E-state index contributed by atoms with van der Waals surface area (Å²) in [6.45, 7) is 0. The number of hydrogen-bond acceptors (Lipinski definition) is 5. The number of carbonyl (C=O) groups excluding carboxylic acids is 1. The second-order valence-electron chi connectivity index (χ2n) is 4.10. The van der Waals surface area contributed by atoms with Crippen molar-refractivity contribution < 1.29 is 4.79 Å². The van der Waals surface area contributed by atoms with Crippen molar-refractivity contribution in [1.82, 2.24) is 19.7 Å². The number of amides is 1. The van der Waals surface area contributed by atoms with Crippen molar-refractivity contribution in [2.75, 3.05) is 5.32 Å². The molecule has 0 atom stereocenters. The minimum Gasteiger partial charge on any atom is -0.305 e. The van der Waals surface area contributed by atoms with Gasteiger partial charge in [-0.3, -0.25) is 14.5 Å². The van der Waals surface area contributed by atoms with E-state index in [2.05, 4.69) is 20.4 Å². The highest BCUT2D eigenvalue weighted by molar-refractivity contribution is 7.07. The lowest BCUT2D eigenvalue weighted by Crippen LogP contribution is -2.14. The van der Waals surface area contributed by atoms with E-state index in [4.69, 9.17) is 0 Å². The van der Waals surface area contributed by atoms with Crippen molar-refractivity contribution in [3.8, 4) is 11.3 Å². The molecule has 0 bridgehead atoms. The predicted molar refractivity (Wildman–Crippen MR) is 76.5 cm³/mol. The Morgan fingerprint density at radius 2 is 2.15 bits per heavy atom. The average Bonchev–Trinajstić information content (AvgIpc) is 3.10. The predicted octanol–water partition coefficient (Wildman–Crippen LogP) is 2.19. The van der Waals surface area contributed by atoms with Crippen LogP contribution in [0.5, 0.6) is 0 Å². The minimum absolute atomic E-state index is 0.240. The molecule has 0 radical (unpaired) electrons. The molecule has 0 aromatic carbocycles. The van der Waals surface area contributed by atoms with E-state index in [1.54, 1.807) is 35.0 Å². The van der Waals surface area contributed by atoms with Gasteiger partial charge >= 0.3 is 0 Å². The van der Waals surface area contributed by atoms with E-state index in [1.807, 2.05) is 18.2 Å². The van der Waals surface area contributed by atoms with Crippen LogP contribution in [0.4, 0.5) is 5.82 Å². The van der Waals surface area contributed by atoms with Crippen molar-refractivity contribution in [1.29, 1.82) is 0 Å². The summed E-state index contributed by atoms with van der Waals surface area (Å²) in [4.78, 5) is 19.9. The van der Waals surface area contributed by atoms with Crippen LogP contribution in [-0.2, 0) is 7.05 Å². The van der Waals surface area contributed by atoms with Gasteiger partial charge in [0.15, 0.2) is 0 Å². The van der Waals surface area contributed by atoms with E-state index >= 15 is 0 Å². The molecule has 3 rings (SSSR count). The third-order valence-corrected chi connectivity index (χ3v) is 3.35. The number of nitrogens with zero attached hydrogens (tertiary/aromatic N) is 4.